The van der Waals surface area contributed by atoms with Crippen LogP contribution >= 0.6 is 58.7 Å². The van der Waals surface area contributed by atoms with E-state index in [4.69, 9.17) is 37.7 Å². The number of fused-ring (bicyclic) bond motifs is 1. The Hall–Kier alpha value is -1.26. The first-order chi connectivity index (χ1) is 15.5. The highest BCUT2D eigenvalue weighted by molar-refractivity contribution is 7.98. The molecule has 0 unspecified atom stereocenters. The molecule has 6 nitrogen and oxygen atoms in total. The third-order valence-corrected chi connectivity index (χ3v) is 7.45. The van der Waals surface area contributed by atoms with Crippen molar-refractivity contribution in [2.24, 2.45) is 0 Å². The average molecular weight is 549 g/mol. The van der Waals surface area contributed by atoms with Crippen molar-refractivity contribution in [1.82, 2.24) is 9.88 Å². The Labute approximate surface area is 217 Å². The molecule has 0 aliphatic carbocycles. The van der Waals surface area contributed by atoms with Crippen LogP contribution in [0.3, 0.4) is 0 Å². The minimum Gasteiger partial charge on any atom is -0.482 e. The highest BCUT2D eigenvalue weighted by Gasteiger charge is 2.23. The summed E-state index contributed by atoms with van der Waals surface area (Å²) in [4.78, 5) is 23.2. The minimum atomic E-state index is -0.172. The van der Waals surface area contributed by atoms with Crippen molar-refractivity contribution in [3.8, 4) is 5.75 Å². The zero-order chi connectivity index (χ0) is 22.5. The number of carbonyl (C=O) groups excluding carboxylic acids is 1. The van der Waals surface area contributed by atoms with E-state index in [9.17, 15) is 4.79 Å². The number of nitrogens with zero attached hydrogens (tertiary/aromatic N) is 3. The Balaban J connectivity index is 0.00000306. The zero-order valence-electron chi connectivity index (χ0n) is 18.0. The second-order valence-electron chi connectivity index (χ2n) is 7.17. The number of hydrogen-bond donors (Lipinski definition) is 0. The largest absolute Gasteiger partial charge is 0.482 e. The lowest BCUT2D eigenvalue weighted by Gasteiger charge is -2.29. The number of rotatable bonds is 8. The lowest BCUT2D eigenvalue weighted by atomic mass is 10.3. The van der Waals surface area contributed by atoms with Crippen LogP contribution in [0, 0.1) is 0 Å². The molecule has 0 spiro atoms. The Morgan fingerprint density at radius 1 is 1.27 bits per heavy atom. The molecule has 2 aromatic carbocycles. The predicted molar refractivity (Wildman–Crippen MR) is 140 cm³/mol. The first-order valence-electron chi connectivity index (χ1n) is 10.2. The van der Waals surface area contributed by atoms with Gasteiger partial charge in [-0.3, -0.25) is 14.6 Å². The van der Waals surface area contributed by atoms with Gasteiger partial charge in [0.25, 0.3) is 5.91 Å². The Morgan fingerprint density at radius 3 is 2.79 bits per heavy atom. The third kappa shape index (κ3) is 6.66. The van der Waals surface area contributed by atoms with Crippen LogP contribution in [-0.4, -0.2) is 68.0 Å². The normalized spacial score (nSPS) is 14.2. The summed E-state index contributed by atoms with van der Waals surface area (Å²) in [5.74, 6) is 0.251. The monoisotopic (exact) mass is 547 g/mol. The number of morpholine rings is 1. The number of aromatic nitrogens is 1. The first kappa shape index (κ1) is 26.3. The Bertz CT molecular complexity index is 1090. The summed E-state index contributed by atoms with van der Waals surface area (Å²) >= 11 is 15.3. The number of anilines is 1. The van der Waals surface area contributed by atoms with Gasteiger partial charge in [-0.05, 0) is 36.6 Å². The van der Waals surface area contributed by atoms with Gasteiger partial charge in [0.1, 0.15) is 5.75 Å². The molecule has 0 N–H and O–H groups in total. The molecule has 0 saturated carbocycles. The minimum absolute atomic E-state index is 0. The van der Waals surface area contributed by atoms with Gasteiger partial charge in [0.15, 0.2) is 11.7 Å². The van der Waals surface area contributed by atoms with E-state index in [0.717, 1.165) is 34.7 Å². The van der Waals surface area contributed by atoms with Gasteiger partial charge >= 0.3 is 0 Å². The second kappa shape index (κ2) is 12.4. The molecule has 178 valence electrons. The fourth-order valence-electron chi connectivity index (χ4n) is 3.39. The fraction of sp³-hybridized carbons (Fsp3) is 0.364. The van der Waals surface area contributed by atoms with Crippen molar-refractivity contribution >= 4 is 80.0 Å². The van der Waals surface area contributed by atoms with Gasteiger partial charge in [-0.1, -0.05) is 40.6 Å². The predicted octanol–water partition coefficient (Wildman–Crippen LogP) is 5.49. The van der Waals surface area contributed by atoms with Crippen molar-refractivity contribution < 1.29 is 14.3 Å². The highest BCUT2D eigenvalue weighted by Crippen LogP contribution is 2.34. The number of hydrogen-bond acceptors (Lipinski definition) is 7. The van der Waals surface area contributed by atoms with Gasteiger partial charge in [0, 0.05) is 36.1 Å². The van der Waals surface area contributed by atoms with E-state index in [0.29, 0.717) is 40.7 Å². The van der Waals surface area contributed by atoms with Gasteiger partial charge in [0.05, 0.1) is 28.5 Å². The van der Waals surface area contributed by atoms with Crippen molar-refractivity contribution in [3.05, 3.63) is 46.4 Å². The van der Waals surface area contributed by atoms with E-state index in [1.807, 2.05) is 24.5 Å². The summed E-state index contributed by atoms with van der Waals surface area (Å²) in [6, 6.07) is 11.0. The third-order valence-electron chi connectivity index (χ3n) is 5.11. The van der Waals surface area contributed by atoms with Crippen LogP contribution in [-0.2, 0) is 9.53 Å². The summed E-state index contributed by atoms with van der Waals surface area (Å²) in [7, 11) is 0. The van der Waals surface area contributed by atoms with Crippen LogP contribution in [0.5, 0.6) is 5.75 Å². The molecule has 0 radical (unpaired) electrons. The number of thiazole rings is 1. The lowest BCUT2D eigenvalue weighted by Crippen LogP contribution is -2.44. The van der Waals surface area contributed by atoms with Gasteiger partial charge in [-0.15, -0.1) is 24.2 Å². The summed E-state index contributed by atoms with van der Waals surface area (Å²) in [5, 5.41) is 1.56. The van der Waals surface area contributed by atoms with Crippen LogP contribution in [0.2, 0.25) is 10.0 Å². The lowest BCUT2D eigenvalue weighted by molar-refractivity contribution is -0.120. The molecular formula is C22H24Cl3N3O3S2. The van der Waals surface area contributed by atoms with E-state index in [1.54, 1.807) is 34.9 Å². The van der Waals surface area contributed by atoms with Crippen LogP contribution < -0.4 is 9.64 Å². The zero-order valence-corrected chi connectivity index (χ0v) is 21.9. The molecule has 1 amide bonds. The Kier molecular flexibility index (Phi) is 9.94. The van der Waals surface area contributed by atoms with Crippen molar-refractivity contribution in [1.29, 1.82) is 0 Å². The second-order valence-corrected chi connectivity index (χ2v) is 9.87. The number of carbonyl (C=O) groups is 1. The quantitative estimate of drug-likeness (QED) is 0.347. The van der Waals surface area contributed by atoms with E-state index < -0.39 is 0 Å². The number of benzene rings is 2. The summed E-state index contributed by atoms with van der Waals surface area (Å²) in [6.45, 7) is 4.25. The van der Waals surface area contributed by atoms with Crippen molar-refractivity contribution in [2.75, 3.05) is 57.2 Å². The van der Waals surface area contributed by atoms with Crippen LogP contribution in [0.25, 0.3) is 10.2 Å². The van der Waals surface area contributed by atoms with E-state index >= 15 is 0 Å². The first-order valence-corrected chi connectivity index (χ1v) is 13.0. The Morgan fingerprint density at radius 2 is 2.06 bits per heavy atom. The van der Waals surface area contributed by atoms with Crippen LogP contribution in [0.1, 0.15) is 0 Å². The molecule has 2 heterocycles. The molecular weight excluding hydrogens is 525 g/mol. The maximum atomic E-state index is 13.2. The summed E-state index contributed by atoms with van der Waals surface area (Å²) in [6.07, 6.45) is 2.03. The number of thioether (sulfide) groups is 1. The van der Waals surface area contributed by atoms with Crippen LogP contribution in [0.4, 0.5) is 5.13 Å². The molecule has 33 heavy (non-hydrogen) atoms. The summed E-state index contributed by atoms with van der Waals surface area (Å²) < 4.78 is 12.2. The maximum absolute atomic E-state index is 13.2. The fourth-order valence-corrected chi connectivity index (χ4v) is 5.52. The summed E-state index contributed by atoms with van der Waals surface area (Å²) in [5.41, 5.74) is 0.922. The van der Waals surface area contributed by atoms with Crippen LogP contribution in [0.15, 0.2) is 41.3 Å². The molecule has 1 saturated heterocycles. The number of ether oxygens (including phenoxy) is 2. The maximum Gasteiger partial charge on any atom is 0.266 e. The van der Waals surface area contributed by atoms with E-state index in [2.05, 4.69) is 4.90 Å². The van der Waals surface area contributed by atoms with Gasteiger partial charge < -0.3 is 9.47 Å². The molecule has 1 fully saturated rings. The standard InChI is InChI=1S/C22H23Cl2N3O3S2.ClH/c1-31-18-3-2-4-19-21(18)25-22(32-19)27(8-7-26-9-11-29-12-10-26)20(28)14-30-17-6-5-15(23)13-16(17)24;/h2-6,13H,7-12,14H2,1H3;1H. The molecule has 1 aliphatic rings. The topological polar surface area (TPSA) is 54.9 Å². The SMILES string of the molecule is CSc1cccc2sc(N(CCN3CCOCC3)C(=O)COc3ccc(Cl)cc3Cl)nc12.Cl. The van der Waals surface area contributed by atoms with Gasteiger partial charge in [-0.25, -0.2) is 4.98 Å². The molecule has 1 aliphatic heterocycles. The molecule has 11 heteroatoms. The van der Waals surface area contributed by atoms with E-state index in [1.165, 1.54) is 11.3 Å². The van der Waals surface area contributed by atoms with Gasteiger partial charge in [0.2, 0.25) is 0 Å². The molecule has 3 aromatic rings. The highest BCUT2D eigenvalue weighted by atomic mass is 35.5. The molecule has 0 atom stereocenters. The smallest absolute Gasteiger partial charge is 0.266 e. The molecule has 4 rings (SSSR count). The van der Waals surface area contributed by atoms with E-state index in [-0.39, 0.29) is 24.9 Å². The molecule has 1 aromatic heterocycles. The molecule has 0 bridgehead atoms. The number of halogens is 3. The number of para-hydroxylation sites is 1. The van der Waals surface area contributed by atoms with Crippen molar-refractivity contribution in [2.45, 2.75) is 4.90 Å². The van der Waals surface area contributed by atoms with Gasteiger partial charge in [-0.2, -0.15) is 0 Å². The number of amides is 1. The average Bonchev–Trinajstić information content (AvgIpc) is 3.23. The van der Waals surface area contributed by atoms with Crippen molar-refractivity contribution in [3.63, 3.8) is 0 Å².